The normalized spacial score (nSPS) is 18.8. The van der Waals surface area contributed by atoms with Gasteiger partial charge in [-0.15, -0.1) is 0 Å². The Hall–Kier alpha value is -0.860. The molecule has 1 aromatic rings. The summed E-state index contributed by atoms with van der Waals surface area (Å²) in [7, 11) is 0. The minimum atomic E-state index is -0.361. The summed E-state index contributed by atoms with van der Waals surface area (Å²) in [4.78, 5) is 2.37. The number of hydrogen-bond donors (Lipinski definition) is 1. The van der Waals surface area contributed by atoms with Crippen LogP contribution >= 0.6 is 0 Å². The first kappa shape index (κ1) is 14.5. The van der Waals surface area contributed by atoms with Gasteiger partial charge >= 0.3 is 0 Å². The Kier molecular flexibility index (Phi) is 4.32. The van der Waals surface area contributed by atoms with Crippen LogP contribution in [0.15, 0.2) is 18.2 Å². The third kappa shape index (κ3) is 3.58. The zero-order chi connectivity index (χ0) is 14.0. The standard InChI is InChI=1S/C17H27NO/c1-13-7-8-14(17(2,3)4)11-15(13)16(19)12-18-9-5-6-10-18/h7-8,11,16,19H,5-6,9-10,12H2,1-4H3. The first-order valence-corrected chi connectivity index (χ1v) is 7.39. The second kappa shape index (κ2) is 5.64. The average Bonchev–Trinajstić information content (AvgIpc) is 2.80. The molecule has 0 bridgehead atoms. The zero-order valence-electron chi connectivity index (χ0n) is 12.7. The Bertz CT molecular complexity index is 427. The fourth-order valence-corrected chi connectivity index (χ4v) is 2.77. The molecule has 1 unspecified atom stereocenters. The number of rotatable bonds is 3. The molecule has 1 aromatic carbocycles. The quantitative estimate of drug-likeness (QED) is 0.901. The van der Waals surface area contributed by atoms with E-state index in [1.807, 2.05) is 0 Å². The van der Waals surface area contributed by atoms with Gasteiger partial charge in [-0.1, -0.05) is 39.0 Å². The molecular formula is C17H27NO. The van der Waals surface area contributed by atoms with Gasteiger partial charge in [-0.3, -0.25) is 0 Å². The van der Waals surface area contributed by atoms with E-state index in [9.17, 15) is 5.11 Å². The van der Waals surface area contributed by atoms with Gasteiger partial charge in [0.25, 0.3) is 0 Å². The van der Waals surface area contributed by atoms with Crippen molar-refractivity contribution in [3.05, 3.63) is 34.9 Å². The molecule has 0 amide bonds. The highest BCUT2D eigenvalue weighted by Gasteiger charge is 2.20. The van der Waals surface area contributed by atoms with Crippen LogP contribution in [-0.4, -0.2) is 29.6 Å². The van der Waals surface area contributed by atoms with Gasteiger partial charge in [0.05, 0.1) is 6.10 Å². The summed E-state index contributed by atoms with van der Waals surface area (Å²) in [5.74, 6) is 0. The van der Waals surface area contributed by atoms with Crippen molar-refractivity contribution in [2.45, 2.75) is 52.1 Å². The molecule has 0 saturated carbocycles. The van der Waals surface area contributed by atoms with Crippen molar-refractivity contribution < 1.29 is 5.11 Å². The molecule has 19 heavy (non-hydrogen) atoms. The number of hydrogen-bond acceptors (Lipinski definition) is 2. The lowest BCUT2D eigenvalue weighted by Gasteiger charge is -2.24. The van der Waals surface area contributed by atoms with Gasteiger partial charge in [-0.2, -0.15) is 0 Å². The molecule has 1 saturated heterocycles. The molecule has 1 aliphatic rings. The van der Waals surface area contributed by atoms with E-state index in [0.29, 0.717) is 0 Å². The summed E-state index contributed by atoms with van der Waals surface area (Å²) in [6.07, 6.45) is 2.18. The van der Waals surface area contributed by atoms with Crippen LogP contribution in [0.25, 0.3) is 0 Å². The summed E-state index contributed by atoms with van der Waals surface area (Å²) >= 11 is 0. The molecule has 0 radical (unpaired) electrons. The minimum absolute atomic E-state index is 0.135. The van der Waals surface area contributed by atoms with E-state index in [2.05, 4.69) is 50.8 Å². The lowest BCUT2D eigenvalue weighted by atomic mass is 9.84. The topological polar surface area (TPSA) is 23.5 Å². The maximum Gasteiger partial charge on any atom is 0.0919 e. The maximum absolute atomic E-state index is 10.5. The van der Waals surface area contributed by atoms with Crippen molar-refractivity contribution in [3.63, 3.8) is 0 Å². The van der Waals surface area contributed by atoms with Gasteiger partial charge in [-0.05, 0) is 55.0 Å². The second-order valence-corrected chi connectivity index (χ2v) is 6.84. The third-order valence-electron chi connectivity index (χ3n) is 4.13. The summed E-state index contributed by atoms with van der Waals surface area (Å²) in [5, 5.41) is 10.5. The lowest BCUT2D eigenvalue weighted by Crippen LogP contribution is -2.26. The van der Waals surface area contributed by atoms with E-state index in [-0.39, 0.29) is 11.5 Å². The van der Waals surface area contributed by atoms with Crippen LogP contribution in [-0.2, 0) is 5.41 Å². The highest BCUT2D eigenvalue weighted by atomic mass is 16.3. The van der Waals surface area contributed by atoms with E-state index in [0.717, 1.165) is 25.2 Å². The molecule has 1 heterocycles. The number of aryl methyl sites for hydroxylation is 1. The van der Waals surface area contributed by atoms with Crippen LogP contribution in [0.3, 0.4) is 0 Å². The maximum atomic E-state index is 10.5. The second-order valence-electron chi connectivity index (χ2n) is 6.84. The fraction of sp³-hybridized carbons (Fsp3) is 0.647. The smallest absolute Gasteiger partial charge is 0.0919 e. The number of aliphatic hydroxyl groups is 1. The first-order valence-electron chi connectivity index (χ1n) is 7.39. The van der Waals surface area contributed by atoms with Crippen molar-refractivity contribution in [2.75, 3.05) is 19.6 Å². The summed E-state index contributed by atoms with van der Waals surface area (Å²) in [6.45, 7) is 11.8. The van der Waals surface area contributed by atoms with Crippen molar-refractivity contribution in [1.82, 2.24) is 4.90 Å². The predicted octanol–water partition coefficient (Wildman–Crippen LogP) is 3.42. The molecule has 2 rings (SSSR count). The number of nitrogens with zero attached hydrogens (tertiary/aromatic N) is 1. The Labute approximate surface area is 117 Å². The van der Waals surface area contributed by atoms with E-state index >= 15 is 0 Å². The van der Waals surface area contributed by atoms with Gasteiger partial charge in [0.1, 0.15) is 0 Å². The Balaban J connectivity index is 2.17. The SMILES string of the molecule is Cc1ccc(C(C)(C)C)cc1C(O)CN1CCCC1. The molecule has 1 N–H and O–H groups in total. The number of benzene rings is 1. The molecule has 2 nitrogen and oxygen atoms in total. The summed E-state index contributed by atoms with van der Waals surface area (Å²) in [6, 6.07) is 6.51. The van der Waals surface area contributed by atoms with Crippen LogP contribution in [0.5, 0.6) is 0 Å². The average molecular weight is 261 g/mol. The Morgan fingerprint density at radius 1 is 1.21 bits per heavy atom. The summed E-state index contributed by atoms with van der Waals surface area (Å²) in [5.41, 5.74) is 3.73. The molecular weight excluding hydrogens is 234 g/mol. The van der Waals surface area contributed by atoms with Crippen LogP contribution in [0, 0.1) is 6.92 Å². The van der Waals surface area contributed by atoms with Gasteiger partial charge < -0.3 is 10.0 Å². The van der Waals surface area contributed by atoms with Gasteiger partial charge in [-0.25, -0.2) is 0 Å². The van der Waals surface area contributed by atoms with Crippen LogP contribution in [0.2, 0.25) is 0 Å². The van der Waals surface area contributed by atoms with Crippen LogP contribution in [0.4, 0.5) is 0 Å². The molecule has 0 aromatic heterocycles. The van der Waals surface area contributed by atoms with Crippen molar-refractivity contribution >= 4 is 0 Å². The lowest BCUT2D eigenvalue weighted by molar-refractivity contribution is 0.125. The molecule has 0 aliphatic carbocycles. The van der Waals surface area contributed by atoms with Crippen molar-refractivity contribution in [3.8, 4) is 0 Å². The first-order chi connectivity index (χ1) is 8.88. The Morgan fingerprint density at radius 3 is 2.42 bits per heavy atom. The van der Waals surface area contributed by atoms with Gasteiger partial charge in [0.15, 0.2) is 0 Å². The highest BCUT2D eigenvalue weighted by Crippen LogP contribution is 2.28. The molecule has 1 atom stereocenters. The summed E-state index contributed by atoms with van der Waals surface area (Å²) < 4.78 is 0. The molecule has 1 aliphatic heterocycles. The van der Waals surface area contributed by atoms with Gasteiger partial charge in [0, 0.05) is 6.54 Å². The van der Waals surface area contributed by atoms with E-state index < -0.39 is 0 Å². The largest absolute Gasteiger partial charge is 0.387 e. The van der Waals surface area contributed by atoms with Crippen molar-refractivity contribution in [2.24, 2.45) is 0 Å². The van der Waals surface area contributed by atoms with E-state index in [4.69, 9.17) is 0 Å². The molecule has 1 fully saturated rings. The number of aliphatic hydroxyl groups excluding tert-OH is 1. The van der Waals surface area contributed by atoms with Crippen LogP contribution < -0.4 is 0 Å². The number of β-amino-alcohol motifs (C(OH)–C–C–N with tert-alkyl or cyclic N) is 1. The fourth-order valence-electron chi connectivity index (χ4n) is 2.77. The highest BCUT2D eigenvalue weighted by molar-refractivity contribution is 5.36. The van der Waals surface area contributed by atoms with E-state index in [1.54, 1.807) is 0 Å². The molecule has 0 spiro atoms. The van der Waals surface area contributed by atoms with Crippen molar-refractivity contribution in [1.29, 1.82) is 0 Å². The predicted molar refractivity (Wildman–Crippen MR) is 80.5 cm³/mol. The number of likely N-dealkylation sites (tertiary alicyclic amines) is 1. The Morgan fingerprint density at radius 2 is 1.84 bits per heavy atom. The van der Waals surface area contributed by atoms with Gasteiger partial charge in [0.2, 0.25) is 0 Å². The zero-order valence-corrected chi connectivity index (χ0v) is 12.7. The monoisotopic (exact) mass is 261 g/mol. The third-order valence-corrected chi connectivity index (χ3v) is 4.13. The van der Waals surface area contributed by atoms with E-state index in [1.165, 1.54) is 24.0 Å². The van der Waals surface area contributed by atoms with Crippen LogP contribution in [0.1, 0.15) is 56.4 Å². The molecule has 2 heteroatoms. The molecule has 106 valence electrons. The minimum Gasteiger partial charge on any atom is -0.387 e.